The van der Waals surface area contributed by atoms with E-state index in [1.54, 1.807) is 22.5 Å². The molecule has 1 aromatic carbocycles. The van der Waals surface area contributed by atoms with Gasteiger partial charge in [0.2, 0.25) is 0 Å². The Morgan fingerprint density at radius 2 is 2.16 bits per heavy atom. The summed E-state index contributed by atoms with van der Waals surface area (Å²) >= 11 is 5.15. The Balaban J connectivity index is 2.18. The second-order valence-electron chi connectivity index (χ2n) is 4.28. The van der Waals surface area contributed by atoms with Gasteiger partial charge in [-0.05, 0) is 24.4 Å². The molecule has 0 aliphatic heterocycles. The average Bonchev–Trinajstić information content (AvgIpc) is 2.87. The molecule has 3 rings (SSSR count). The maximum Gasteiger partial charge on any atom is 0.178 e. The van der Waals surface area contributed by atoms with Crippen molar-refractivity contribution >= 4 is 23.3 Å². The molecule has 0 spiro atoms. The number of hydrogen-bond acceptors (Lipinski definition) is 2. The van der Waals surface area contributed by atoms with E-state index in [0.717, 1.165) is 11.8 Å². The highest BCUT2D eigenvalue weighted by Gasteiger charge is 2.12. The second kappa shape index (κ2) is 4.27. The average molecular weight is 280 g/mol. The van der Waals surface area contributed by atoms with Crippen LogP contribution in [0.1, 0.15) is 5.69 Å². The van der Waals surface area contributed by atoms with E-state index in [-0.39, 0.29) is 5.52 Å². The Morgan fingerprint density at radius 3 is 2.84 bits per heavy atom. The van der Waals surface area contributed by atoms with Crippen molar-refractivity contribution in [3.63, 3.8) is 0 Å². The lowest BCUT2D eigenvalue weighted by molar-refractivity contribution is 0.590. The Kier molecular flexibility index (Phi) is 2.70. The van der Waals surface area contributed by atoms with E-state index in [1.165, 1.54) is 6.07 Å². The van der Waals surface area contributed by atoms with Gasteiger partial charge in [-0.3, -0.25) is 4.68 Å². The van der Waals surface area contributed by atoms with E-state index in [1.807, 2.05) is 6.07 Å². The molecule has 0 saturated heterocycles. The number of H-pyrrole nitrogens is 1. The van der Waals surface area contributed by atoms with Crippen LogP contribution < -0.4 is 0 Å². The van der Waals surface area contributed by atoms with E-state index in [9.17, 15) is 8.78 Å². The molecule has 98 valence electrons. The van der Waals surface area contributed by atoms with E-state index in [4.69, 9.17) is 12.2 Å². The topological polar surface area (TPSA) is 38.5 Å². The molecule has 0 fully saturated rings. The molecule has 2 aromatic heterocycles. The van der Waals surface area contributed by atoms with Crippen LogP contribution in [0.4, 0.5) is 8.78 Å². The van der Waals surface area contributed by atoms with Gasteiger partial charge in [0.15, 0.2) is 10.6 Å². The minimum atomic E-state index is -0.652. The van der Waals surface area contributed by atoms with Crippen LogP contribution in [0.25, 0.3) is 11.0 Å². The number of aromatic nitrogens is 4. The van der Waals surface area contributed by atoms with Gasteiger partial charge in [-0.1, -0.05) is 0 Å². The van der Waals surface area contributed by atoms with E-state index in [0.29, 0.717) is 16.8 Å². The zero-order chi connectivity index (χ0) is 13.6. The fraction of sp³-hybridized carbons (Fsp3) is 0.167. The highest BCUT2D eigenvalue weighted by Crippen LogP contribution is 2.20. The summed E-state index contributed by atoms with van der Waals surface area (Å²) in [6.45, 7) is 0.364. The lowest BCUT2D eigenvalue weighted by Gasteiger charge is -2.02. The molecule has 0 radical (unpaired) electrons. The Bertz CT molecular complexity index is 815. The molecule has 3 aromatic rings. The summed E-state index contributed by atoms with van der Waals surface area (Å²) in [4.78, 5) is 2.75. The molecule has 0 aliphatic carbocycles. The van der Waals surface area contributed by atoms with Gasteiger partial charge in [0.25, 0.3) is 0 Å². The first-order valence-electron chi connectivity index (χ1n) is 5.60. The minimum Gasteiger partial charge on any atom is -0.328 e. The van der Waals surface area contributed by atoms with Crippen LogP contribution in [0.5, 0.6) is 0 Å². The summed E-state index contributed by atoms with van der Waals surface area (Å²) in [5.41, 5.74) is 1.37. The van der Waals surface area contributed by atoms with Crippen molar-refractivity contribution in [2.24, 2.45) is 7.05 Å². The van der Waals surface area contributed by atoms with Crippen LogP contribution >= 0.6 is 12.2 Å². The van der Waals surface area contributed by atoms with Crippen LogP contribution in [-0.4, -0.2) is 19.3 Å². The molecule has 2 heterocycles. The molecule has 0 amide bonds. The minimum absolute atomic E-state index is 0.210. The van der Waals surface area contributed by atoms with Crippen molar-refractivity contribution in [3.8, 4) is 0 Å². The molecular weight excluding hydrogens is 270 g/mol. The standard InChI is InChI=1S/C12H10F2N4S/c1-17-3-2-8(16-17)6-18-10-5-7(13)4-9(14)11(10)15-12(18)19/h2-5H,6H2,1H3,(H,15,19). The van der Waals surface area contributed by atoms with E-state index in [2.05, 4.69) is 10.1 Å². The number of imidazole rings is 1. The molecule has 0 saturated carbocycles. The second-order valence-corrected chi connectivity index (χ2v) is 4.67. The lowest BCUT2D eigenvalue weighted by atomic mass is 10.3. The summed E-state index contributed by atoms with van der Waals surface area (Å²) in [5.74, 6) is -1.28. The Morgan fingerprint density at radius 1 is 1.37 bits per heavy atom. The van der Waals surface area contributed by atoms with Crippen molar-refractivity contribution in [2.45, 2.75) is 6.54 Å². The van der Waals surface area contributed by atoms with Crippen LogP contribution in [0, 0.1) is 16.4 Å². The molecule has 0 atom stereocenters. The highest BCUT2D eigenvalue weighted by atomic mass is 32.1. The fourth-order valence-corrected chi connectivity index (χ4v) is 2.31. The summed E-state index contributed by atoms with van der Waals surface area (Å²) < 4.78 is 30.6. The number of nitrogens with zero attached hydrogens (tertiary/aromatic N) is 3. The highest BCUT2D eigenvalue weighted by molar-refractivity contribution is 7.71. The summed E-state index contributed by atoms with van der Waals surface area (Å²) in [5, 5.41) is 4.23. The van der Waals surface area contributed by atoms with E-state index >= 15 is 0 Å². The third kappa shape index (κ3) is 2.06. The third-order valence-corrected chi connectivity index (χ3v) is 3.21. The maximum atomic E-state index is 13.6. The van der Waals surface area contributed by atoms with Gasteiger partial charge in [0.1, 0.15) is 11.3 Å². The first-order valence-corrected chi connectivity index (χ1v) is 6.01. The molecule has 0 unspecified atom stereocenters. The van der Waals surface area contributed by atoms with Crippen molar-refractivity contribution in [1.82, 2.24) is 19.3 Å². The number of aromatic amines is 1. The zero-order valence-corrected chi connectivity index (χ0v) is 10.8. The van der Waals surface area contributed by atoms with Crippen molar-refractivity contribution < 1.29 is 8.78 Å². The van der Waals surface area contributed by atoms with Gasteiger partial charge < -0.3 is 9.55 Å². The number of benzene rings is 1. The number of aryl methyl sites for hydroxylation is 1. The Hall–Kier alpha value is -2.02. The van der Waals surface area contributed by atoms with E-state index < -0.39 is 11.6 Å². The molecule has 19 heavy (non-hydrogen) atoms. The quantitative estimate of drug-likeness (QED) is 0.733. The number of fused-ring (bicyclic) bond motifs is 1. The zero-order valence-electron chi connectivity index (χ0n) is 10.0. The molecule has 7 heteroatoms. The number of rotatable bonds is 2. The van der Waals surface area contributed by atoms with Gasteiger partial charge in [-0.25, -0.2) is 8.78 Å². The fourth-order valence-electron chi connectivity index (χ4n) is 2.05. The first kappa shape index (κ1) is 12.0. The molecule has 0 aliphatic rings. The normalized spacial score (nSPS) is 11.3. The van der Waals surface area contributed by atoms with Gasteiger partial charge in [-0.2, -0.15) is 5.10 Å². The number of nitrogens with one attached hydrogen (secondary N) is 1. The number of hydrogen-bond donors (Lipinski definition) is 1. The van der Waals surface area contributed by atoms with Gasteiger partial charge >= 0.3 is 0 Å². The monoisotopic (exact) mass is 280 g/mol. The summed E-state index contributed by atoms with van der Waals surface area (Å²) in [7, 11) is 1.80. The summed E-state index contributed by atoms with van der Waals surface area (Å²) in [6.07, 6.45) is 1.80. The third-order valence-electron chi connectivity index (χ3n) is 2.89. The predicted molar refractivity (Wildman–Crippen MR) is 69.3 cm³/mol. The SMILES string of the molecule is Cn1ccc(Cn2c(=S)[nH]c3c(F)cc(F)cc32)n1. The lowest BCUT2D eigenvalue weighted by Crippen LogP contribution is -2.01. The van der Waals surface area contributed by atoms with Crippen LogP contribution in [0.15, 0.2) is 24.4 Å². The molecule has 4 nitrogen and oxygen atoms in total. The van der Waals surface area contributed by atoms with Crippen molar-refractivity contribution in [2.75, 3.05) is 0 Å². The predicted octanol–water partition coefficient (Wildman–Crippen LogP) is 2.76. The van der Waals surface area contributed by atoms with Crippen molar-refractivity contribution in [1.29, 1.82) is 0 Å². The smallest absolute Gasteiger partial charge is 0.178 e. The van der Waals surface area contributed by atoms with Gasteiger partial charge in [-0.15, -0.1) is 0 Å². The summed E-state index contributed by atoms with van der Waals surface area (Å²) in [6, 6.07) is 3.92. The molecule has 0 bridgehead atoms. The Labute approximate surface area is 112 Å². The maximum absolute atomic E-state index is 13.6. The molecule has 1 N–H and O–H groups in total. The molecular formula is C12H10F2N4S. The van der Waals surface area contributed by atoms with Gasteiger partial charge in [0, 0.05) is 19.3 Å². The largest absolute Gasteiger partial charge is 0.328 e. The van der Waals surface area contributed by atoms with Crippen LogP contribution in [-0.2, 0) is 13.6 Å². The number of halogens is 2. The first-order chi connectivity index (χ1) is 9.04. The van der Waals surface area contributed by atoms with Crippen LogP contribution in [0.2, 0.25) is 0 Å². The van der Waals surface area contributed by atoms with Crippen molar-refractivity contribution in [3.05, 3.63) is 46.5 Å². The van der Waals surface area contributed by atoms with Crippen LogP contribution in [0.3, 0.4) is 0 Å². The van der Waals surface area contributed by atoms with Gasteiger partial charge in [0.05, 0.1) is 17.8 Å².